The standard InChI is InChI=1S/C41H37ClF6N10O4S/c1-17-31(18(2)55(3)51-17)20-6-7-23-27(13-20)50-39(58(40(23)60)29-9-8-26(42)33-35(29)56(4)53-38(33)54-63(5,61)62)28(12-19-10-21(43)14-22(44)11-19)49-30(59)16-57-36-32(34(52-57)37(45)46)24-15-25(24)41(36,47)48/h6-11,13-14,24-25,28,33,35,37H,12,15-16H2,1-5H3,(H,49,59)(H,53,54)/t24-,25+,28-,33?,35?/m0/s1. The molecule has 4 aliphatic rings. The molecule has 3 aliphatic carbocycles. The maximum Gasteiger partial charge on any atom is 0.293 e. The number of halogens is 7. The topological polar surface area (TPSA) is 161 Å². The number of aryl methyl sites for hydroxylation is 2. The average Bonchev–Trinajstić information content (AvgIpc) is 3.61. The molecule has 2 aromatic carbocycles. The Bertz CT molecular complexity index is 3050. The molecule has 0 spiro atoms. The molecule has 5 atom stereocenters. The van der Waals surface area contributed by atoms with E-state index in [0.29, 0.717) is 22.0 Å². The van der Waals surface area contributed by atoms with Crippen LogP contribution in [0.15, 0.2) is 63.5 Å². The largest absolute Gasteiger partial charge is 0.344 e. The zero-order valence-corrected chi connectivity index (χ0v) is 35.5. The molecule has 2 N–H and O–H groups in total. The average molecular weight is 915 g/mol. The third kappa shape index (κ3) is 7.17. The van der Waals surface area contributed by atoms with Gasteiger partial charge in [-0.2, -0.15) is 24.1 Å². The van der Waals surface area contributed by atoms with Crippen molar-refractivity contribution in [2.75, 3.05) is 13.3 Å². The molecule has 4 heterocycles. The highest BCUT2D eigenvalue weighted by molar-refractivity contribution is 7.89. The van der Waals surface area contributed by atoms with Gasteiger partial charge in [0, 0.05) is 54.4 Å². The summed E-state index contributed by atoms with van der Waals surface area (Å²) in [6, 6.07) is 5.08. The van der Waals surface area contributed by atoms with Gasteiger partial charge in [0.25, 0.3) is 17.9 Å². The Labute approximate surface area is 360 Å². The number of hydrogen-bond donors (Lipinski definition) is 2. The van der Waals surface area contributed by atoms with Crippen LogP contribution in [-0.2, 0) is 40.8 Å². The number of allylic oxidation sites excluding steroid dienone is 2. The summed E-state index contributed by atoms with van der Waals surface area (Å²) in [5.41, 5.74) is 0.520. The van der Waals surface area contributed by atoms with Crippen molar-refractivity contribution in [3.63, 3.8) is 0 Å². The normalized spacial score (nSPS) is 21.5. The lowest BCUT2D eigenvalue weighted by atomic mass is 9.91. The third-order valence-corrected chi connectivity index (χ3v) is 12.9. The van der Waals surface area contributed by atoms with Gasteiger partial charge in [-0.05, 0) is 73.7 Å². The molecule has 5 aromatic rings. The van der Waals surface area contributed by atoms with E-state index in [-0.39, 0.29) is 50.8 Å². The number of rotatable bonds is 10. The molecule has 63 heavy (non-hydrogen) atoms. The monoisotopic (exact) mass is 914 g/mol. The van der Waals surface area contributed by atoms with Crippen molar-refractivity contribution in [2.24, 2.45) is 24.0 Å². The number of carbonyl (C=O) groups excluding carboxylic acids is 1. The Morgan fingerprint density at radius 1 is 1.05 bits per heavy atom. The third-order valence-electron chi connectivity index (χ3n) is 12.0. The Kier molecular flexibility index (Phi) is 9.96. The maximum absolute atomic E-state index is 15.6. The lowest BCUT2D eigenvalue weighted by Gasteiger charge is -2.33. The summed E-state index contributed by atoms with van der Waals surface area (Å²) in [5, 5.41) is 17.0. The van der Waals surface area contributed by atoms with Gasteiger partial charge in [0.15, 0.2) is 0 Å². The smallest absolute Gasteiger partial charge is 0.293 e. The number of likely N-dealkylation sites (N-methyl/N-ethyl adjacent to an activating group) is 1. The van der Waals surface area contributed by atoms with Crippen LogP contribution in [-0.4, -0.2) is 73.6 Å². The fraction of sp³-hybridized carbons (Fsp3) is 0.366. The molecule has 1 fully saturated rings. The van der Waals surface area contributed by atoms with Gasteiger partial charge in [-0.3, -0.25) is 33.3 Å². The van der Waals surface area contributed by atoms with E-state index >= 15 is 13.6 Å². The summed E-state index contributed by atoms with van der Waals surface area (Å²) in [6.07, 6.45) is 0.214. The second-order valence-corrected chi connectivity index (χ2v) is 18.5. The van der Waals surface area contributed by atoms with E-state index < -0.39 is 99.7 Å². The van der Waals surface area contributed by atoms with E-state index in [4.69, 9.17) is 16.6 Å². The van der Waals surface area contributed by atoms with Crippen LogP contribution >= 0.6 is 11.6 Å². The van der Waals surface area contributed by atoms with Gasteiger partial charge in [0.2, 0.25) is 15.9 Å². The van der Waals surface area contributed by atoms with Crippen LogP contribution in [0.2, 0.25) is 0 Å². The van der Waals surface area contributed by atoms with E-state index in [2.05, 4.69) is 25.3 Å². The first-order chi connectivity index (χ1) is 29.6. The summed E-state index contributed by atoms with van der Waals surface area (Å²) in [5.74, 6) is -9.76. The first kappa shape index (κ1) is 42.3. The van der Waals surface area contributed by atoms with Crippen LogP contribution in [0.5, 0.6) is 0 Å². The lowest BCUT2D eigenvalue weighted by Crippen LogP contribution is -2.44. The van der Waals surface area contributed by atoms with Crippen molar-refractivity contribution in [1.82, 2.24) is 44.2 Å². The molecule has 0 saturated heterocycles. The van der Waals surface area contributed by atoms with E-state index in [0.717, 1.165) is 34.2 Å². The SMILES string of the molecule is Cc1nn(C)c(C)c1-c1ccc2c(=O)n(C3=CC=C(Cl)C4C(NS(C)(=O)=O)=NN(C)C34)c([C@H](Cc3cc(F)cc(F)c3)NC(=O)Cn3nc(C(F)F)c4c3C(F)(F)[C@@H]3C[C@H]43)nc2c1. The van der Waals surface area contributed by atoms with Crippen LogP contribution in [0.4, 0.5) is 26.3 Å². The van der Waals surface area contributed by atoms with Crippen molar-refractivity contribution in [3.05, 3.63) is 115 Å². The van der Waals surface area contributed by atoms with Crippen LogP contribution in [0, 0.1) is 37.3 Å². The summed E-state index contributed by atoms with van der Waals surface area (Å²) in [7, 11) is -0.587. The molecular weight excluding hydrogens is 878 g/mol. The minimum Gasteiger partial charge on any atom is -0.344 e. The van der Waals surface area contributed by atoms with Crippen molar-refractivity contribution >= 4 is 50.0 Å². The summed E-state index contributed by atoms with van der Waals surface area (Å²) in [6.45, 7) is 2.70. The van der Waals surface area contributed by atoms with E-state index in [1.807, 2.05) is 13.8 Å². The minimum atomic E-state index is -3.88. The number of nitrogens with zero attached hydrogens (tertiary/aromatic N) is 8. The predicted molar refractivity (Wildman–Crippen MR) is 219 cm³/mol. The molecule has 14 nitrogen and oxygen atoms in total. The van der Waals surface area contributed by atoms with Crippen LogP contribution in [0.3, 0.4) is 0 Å². The summed E-state index contributed by atoms with van der Waals surface area (Å²) >= 11 is 6.70. The Balaban J connectivity index is 1.23. The van der Waals surface area contributed by atoms with Gasteiger partial charge in [-0.25, -0.2) is 31.0 Å². The highest BCUT2D eigenvalue weighted by atomic mass is 35.5. The fourth-order valence-electron chi connectivity index (χ4n) is 9.31. The number of hydrazone groups is 1. The second-order valence-electron chi connectivity index (χ2n) is 16.3. The van der Waals surface area contributed by atoms with Gasteiger partial charge in [0.05, 0.1) is 40.5 Å². The van der Waals surface area contributed by atoms with Gasteiger partial charge < -0.3 is 5.32 Å². The van der Waals surface area contributed by atoms with Crippen LogP contribution in [0.25, 0.3) is 27.7 Å². The number of aromatic nitrogens is 6. The van der Waals surface area contributed by atoms with Crippen LogP contribution < -0.4 is 15.6 Å². The molecule has 22 heteroatoms. The van der Waals surface area contributed by atoms with Gasteiger partial charge >= 0.3 is 0 Å². The van der Waals surface area contributed by atoms with Gasteiger partial charge in [-0.1, -0.05) is 17.7 Å². The maximum atomic E-state index is 15.6. The quantitative estimate of drug-likeness (QED) is 0.164. The highest BCUT2D eigenvalue weighted by Crippen LogP contribution is 2.68. The molecule has 9 rings (SSSR count). The molecule has 0 radical (unpaired) electrons. The number of sulfonamides is 1. The summed E-state index contributed by atoms with van der Waals surface area (Å²) in [4.78, 5) is 34.3. The van der Waals surface area contributed by atoms with Crippen molar-refractivity contribution in [3.8, 4) is 11.1 Å². The Morgan fingerprint density at radius 3 is 2.41 bits per heavy atom. The fourth-order valence-corrected chi connectivity index (χ4v) is 10.1. The number of benzene rings is 2. The van der Waals surface area contributed by atoms with E-state index in [1.165, 1.54) is 24.2 Å². The number of fused-ring (bicyclic) bond motifs is 5. The molecule has 1 amide bonds. The van der Waals surface area contributed by atoms with Crippen molar-refractivity contribution < 1.29 is 39.6 Å². The molecule has 1 saturated carbocycles. The first-order valence-electron chi connectivity index (χ1n) is 19.6. The van der Waals surface area contributed by atoms with Crippen molar-refractivity contribution in [2.45, 2.75) is 63.6 Å². The molecular formula is C41H37ClF6N10O4S. The number of alkyl halides is 4. The van der Waals surface area contributed by atoms with Crippen LogP contribution in [0.1, 0.15) is 64.5 Å². The molecule has 0 bridgehead atoms. The van der Waals surface area contributed by atoms with E-state index in [1.54, 1.807) is 29.9 Å². The van der Waals surface area contributed by atoms with Crippen molar-refractivity contribution in [1.29, 1.82) is 0 Å². The lowest BCUT2D eigenvalue weighted by molar-refractivity contribution is -0.123. The first-order valence-corrected chi connectivity index (χ1v) is 21.8. The molecule has 2 unspecified atom stereocenters. The highest BCUT2D eigenvalue weighted by Gasteiger charge is 2.67. The zero-order chi connectivity index (χ0) is 45.2. The number of amides is 1. The zero-order valence-electron chi connectivity index (χ0n) is 34.0. The summed E-state index contributed by atoms with van der Waals surface area (Å²) < 4.78 is 120. The van der Waals surface area contributed by atoms with Gasteiger partial charge in [-0.15, -0.1) is 0 Å². The van der Waals surface area contributed by atoms with E-state index in [9.17, 15) is 30.8 Å². The number of carbonyl (C=O) groups is 1. The molecule has 3 aromatic heterocycles. The molecule has 330 valence electrons. The second kappa shape index (κ2) is 14.8. The number of hydrogen-bond acceptors (Lipinski definition) is 9. The number of amidine groups is 1. The predicted octanol–water partition coefficient (Wildman–Crippen LogP) is 5.91. The molecule has 1 aliphatic heterocycles. The van der Waals surface area contributed by atoms with Gasteiger partial charge in [0.1, 0.15) is 47.3 Å². The Morgan fingerprint density at radius 2 is 1.76 bits per heavy atom. The number of nitrogens with one attached hydrogen (secondary N) is 2. The Hall–Kier alpha value is -5.96. The minimum absolute atomic E-state index is 0.000814.